The van der Waals surface area contributed by atoms with Crippen LogP contribution in [0.4, 0.5) is 5.69 Å². The van der Waals surface area contributed by atoms with E-state index in [-0.39, 0.29) is 6.42 Å². The summed E-state index contributed by atoms with van der Waals surface area (Å²) < 4.78 is 4.50. The molecule has 100 valence electrons. The van der Waals surface area contributed by atoms with Crippen LogP contribution in [0.1, 0.15) is 23.1 Å². The summed E-state index contributed by atoms with van der Waals surface area (Å²) in [5.41, 5.74) is 4.64. The number of aliphatic hydroxyl groups is 1. The summed E-state index contributed by atoms with van der Waals surface area (Å²) in [6, 6.07) is 4.03. The largest absolute Gasteiger partial charge is 0.469 e. The minimum absolute atomic E-state index is 0.00733. The molecule has 0 aromatic heterocycles. The molecular weight excluding hydrogens is 230 g/mol. The molecule has 1 unspecified atom stereocenters. The molecule has 0 bridgehead atoms. The molecule has 0 aliphatic carbocycles. The van der Waals surface area contributed by atoms with Crippen LogP contribution in [0.2, 0.25) is 0 Å². The van der Waals surface area contributed by atoms with Gasteiger partial charge in [0, 0.05) is 12.2 Å². The first-order valence-corrected chi connectivity index (χ1v) is 6.01. The van der Waals surface area contributed by atoms with Gasteiger partial charge in [0.05, 0.1) is 19.6 Å². The summed E-state index contributed by atoms with van der Waals surface area (Å²) in [6.45, 7) is 6.51. The van der Waals surface area contributed by atoms with Crippen molar-refractivity contribution in [3.05, 3.63) is 28.8 Å². The average Bonchev–Trinajstić information content (AvgIpc) is 2.35. The Hall–Kier alpha value is -1.55. The zero-order valence-corrected chi connectivity index (χ0v) is 11.4. The highest BCUT2D eigenvalue weighted by Gasteiger charge is 2.11. The summed E-state index contributed by atoms with van der Waals surface area (Å²) in [6.07, 6.45) is -0.730. The van der Waals surface area contributed by atoms with Gasteiger partial charge in [-0.25, -0.2) is 0 Å². The van der Waals surface area contributed by atoms with E-state index < -0.39 is 12.1 Å². The fourth-order valence-corrected chi connectivity index (χ4v) is 1.72. The Morgan fingerprint density at radius 2 is 2.00 bits per heavy atom. The third-order valence-corrected chi connectivity index (χ3v) is 3.22. The number of rotatable bonds is 5. The number of anilines is 1. The van der Waals surface area contributed by atoms with Crippen molar-refractivity contribution >= 4 is 11.7 Å². The molecule has 0 aliphatic heterocycles. The molecule has 2 N–H and O–H groups in total. The second-order valence-corrected chi connectivity index (χ2v) is 4.50. The molecule has 1 rings (SSSR count). The number of ether oxygens (including phenoxy) is 1. The molecule has 0 fully saturated rings. The van der Waals surface area contributed by atoms with Crippen molar-refractivity contribution in [2.45, 2.75) is 33.3 Å². The lowest BCUT2D eigenvalue weighted by atomic mass is 10.0. The lowest BCUT2D eigenvalue weighted by molar-refractivity contribution is -0.142. The number of carbonyl (C=O) groups is 1. The van der Waals surface area contributed by atoms with Gasteiger partial charge in [-0.05, 0) is 43.5 Å². The van der Waals surface area contributed by atoms with E-state index in [9.17, 15) is 9.90 Å². The predicted molar refractivity (Wildman–Crippen MR) is 71.8 cm³/mol. The molecule has 0 aliphatic rings. The van der Waals surface area contributed by atoms with Gasteiger partial charge in [-0.15, -0.1) is 0 Å². The molecule has 4 heteroatoms. The normalized spacial score (nSPS) is 12.1. The highest BCUT2D eigenvalue weighted by molar-refractivity contribution is 5.69. The van der Waals surface area contributed by atoms with Crippen LogP contribution in [0, 0.1) is 20.8 Å². The van der Waals surface area contributed by atoms with Crippen molar-refractivity contribution in [1.29, 1.82) is 0 Å². The van der Waals surface area contributed by atoms with Crippen molar-refractivity contribution in [2.75, 3.05) is 19.0 Å². The Kier molecular flexibility index (Phi) is 5.16. The molecule has 0 heterocycles. The van der Waals surface area contributed by atoms with Crippen LogP contribution in [0.15, 0.2) is 12.1 Å². The monoisotopic (exact) mass is 251 g/mol. The van der Waals surface area contributed by atoms with E-state index in [1.54, 1.807) is 0 Å². The first-order valence-electron chi connectivity index (χ1n) is 6.01. The highest BCUT2D eigenvalue weighted by atomic mass is 16.5. The molecule has 18 heavy (non-hydrogen) atoms. The van der Waals surface area contributed by atoms with E-state index in [2.05, 4.69) is 23.9 Å². The Bertz CT molecular complexity index is 429. The van der Waals surface area contributed by atoms with Crippen LogP contribution in [0.25, 0.3) is 0 Å². The molecular formula is C14H21NO3. The molecule has 0 radical (unpaired) electrons. The fourth-order valence-electron chi connectivity index (χ4n) is 1.72. The van der Waals surface area contributed by atoms with Crippen LogP contribution in [0.3, 0.4) is 0 Å². The second-order valence-electron chi connectivity index (χ2n) is 4.50. The first kappa shape index (κ1) is 14.5. The maximum Gasteiger partial charge on any atom is 0.308 e. The quantitative estimate of drug-likeness (QED) is 0.785. The lowest BCUT2D eigenvalue weighted by Crippen LogP contribution is -2.23. The minimum Gasteiger partial charge on any atom is -0.469 e. The number of esters is 1. The summed E-state index contributed by atoms with van der Waals surface area (Å²) in [5, 5.41) is 12.8. The van der Waals surface area contributed by atoms with E-state index in [4.69, 9.17) is 0 Å². The molecule has 0 saturated heterocycles. The van der Waals surface area contributed by atoms with E-state index in [0.29, 0.717) is 6.54 Å². The fraction of sp³-hybridized carbons (Fsp3) is 0.500. The van der Waals surface area contributed by atoms with Gasteiger partial charge in [-0.1, -0.05) is 6.07 Å². The molecule has 1 atom stereocenters. The van der Waals surface area contributed by atoms with Gasteiger partial charge in [0.25, 0.3) is 0 Å². The SMILES string of the molecule is COC(=O)CC(O)CNc1ccc(C)c(C)c1C. The van der Waals surface area contributed by atoms with E-state index in [1.807, 2.05) is 19.1 Å². The average molecular weight is 251 g/mol. The molecule has 1 aromatic rings. The Morgan fingerprint density at radius 3 is 2.61 bits per heavy atom. The van der Waals surface area contributed by atoms with E-state index in [1.165, 1.54) is 23.8 Å². The van der Waals surface area contributed by atoms with E-state index in [0.717, 1.165) is 5.69 Å². The number of nitrogens with one attached hydrogen (secondary N) is 1. The van der Waals surface area contributed by atoms with Gasteiger partial charge in [0.15, 0.2) is 0 Å². The Morgan fingerprint density at radius 1 is 1.33 bits per heavy atom. The van der Waals surface area contributed by atoms with Crippen molar-refractivity contribution in [3.8, 4) is 0 Å². The van der Waals surface area contributed by atoms with Gasteiger partial charge in [-0.2, -0.15) is 0 Å². The van der Waals surface area contributed by atoms with Crippen molar-refractivity contribution < 1.29 is 14.6 Å². The van der Waals surface area contributed by atoms with Crippen LogP contribution in [-0.2, 0) is 9.53 Å². The number of hydrogen-bond donors (Lipinski definition) is 2. The second kappa shape index (κ2) is 6.40. The third kappa shape index (κ3) is 3.74. The topological polar surface area (TPSA) is 58.6 Å². The molecule has 1 aromatic carbocycles. The zero-order chi connectivity index (χ0) is 13.7. The molecule has 0 amide bonds. The molecule has 0 saturated carbocycles. The summed E-state index contributed by atoms with van der Waals surface area (Å²) in [4.78, 5) is 11.0. The van der Waals surface area contributed by atoms with Crippen molar-refractivity contribution in [3.63, 3.8) is 0 Å². The van der Waals surface area contributed by atoms with Crippen LogP contribution < -0.4 is 5.32 Å². The maximum atomic E-state index is 11.0. The number of carbonyl (C=O) groups excluding carboxylic acids is 1. The highest BCUT2D eigenvalue weighted by Crippen LogP contribution is 2.21. The van der Waals surface area contributed by atoms with Gasteiger partial charge in [0.2, 0.25) is 0 Å². The predicted octanol–water partition coefficient (Wildman–Crippen LogP) is 1.95. The minimum atomic E-state index is -0.738. The van der Waals surface area contributed by atoms with Gasteiger partial charge in [-0.3, -0.25) is 4.79 Å². The van der Waals surface area contributed by atoms with Crippen LogP contribution in [-0.4, -0.2) is 30.8 Å². The number of aryl methyl sites for hydroxylation is 1. The molecule has 0 spiro atoms. The number of methoxy groups -OCH3 is 1. The molecule has 4 nitrogen and oxygen atoms in total. The Balaban J connectivity index is 2.59. The summed E-state index contributed by atoms with van der Waals surface area (Å²) in [5.74, 6) is -0.402. The first-order chi connectivity index (χ1) is 8.45. The van der Waals surface area contributed by atoms with Gasteiger partial charge < -0.3 is 15.2 Å². The van der Waals surface area contributed by atoms with Gasteiger partial charge >= 0.3 is 5.97 Å². The third-order valence-electron chi connectivity index (χ3n) is 3.22. The summed E-state index contributed by atoms with van der Waals surface area (Å²) >= 11 is 0. The number of hydrogen-bond acceptors (Lipinski definition) is 4. The summed E-state index contributed by atoms with van der Waals surface area (Å²) in [7, 11) is 1.32. The van der Waals surface area contributed by atoms with Crippen LogP contribution in [0.5, 0.6) is 0 Å². The lowest BCUT2D eigenvalue weighted by Gasteiger charge is -2.15. The van der Waals surface area contributed by atoms with Crippen molar-refractivity contribution in [2.24, 2.45) is 0 Å². The van der Waals surface area contributed by atoms with Gasteiger partial charge in [0.1, 0.15) is 0 Å². The standard InChI is InChI=1S/C14H21NO3/c1-9-5-6-13(11(3)10(9)2)15-8-12(16)7-14(17)18-4/h5-6,12,15-16H,7-8H2,1-4H3. The van der Waals surface area contributed by atoms with Crippen molar-refractivity contribution in [1.82, 2.24) is 0 Å². The smallest absolute Gasteiger partial charge is 0.308 e. The van der Waals surface area contributed by atoms with Crippen LogP contribution >= 0.6 is 0 Å². The maximum absolute atomic E-state index is 11.0. The van der Waals surface area contributed by atoms with E-state index >= 15 is 0 Å². The zero-order valence-electron chi connectivity index (χ0n) is 11.4. The Labute approximate surface area is 108 Å². The number of benzene rings is 1. The number of aliphatic hydroxyl groups excluding tert-OH is 1.